The van der Waals surface area contributed by atoms with Crippen molar-refractivity contribution < 1.29 is 26.7 Å². The number of nitrogen functional groups attached to an aromatic ring is 1. The van der Waals surface area contributed by atoms with Crippen molar-refractivity contribution in [2.24, 2.45) is 0 Å². The van der Waals surface area contributed by atoms with Crippen LogP contribution in [0.4, 0.5) is 32.9 Å². The summed E-state index contributed by atoms with van der Waals surface area (Å²) < 4.78 is 81.1. The van der Waals surface area contributed by atoms with E-state index >= 15 is 4.39 Å². The molecule has 4 aromatic rings. The van der Waals surface area contributed by atoms with Crippen LogP contribution in [0.2, 0.25) is 5.02 Å². The maximum Gasteiger partial charge on any atom is 0.319 e. The smallest absolute Gasteiger partial charge is 0.319 e. The number of nitrogens with two attached hydrogens (primary N) is 1. The fourth-order valence-electron chi connectivity index (χ4n) is 6.63. The van der Waals surface area contributed by atoms with E-state index in [1.807, 2.05) is 0 Å². The molecule has 3 saturated heterocycles. The molecule has 2 aromatic heterocycles. The van der Waals surface area contributed by atoms with Crippen molar-refractivity contribution in [1.29, 1.82) is 0 Å². The van der Waals surface area contributed by atoms with Gasteiger partial charge >= 0.3 is 6.01 Å². The van der Waals surface area contributed by atoms with Crippen LogP contribution in [0, 0.1) is 11.6 Å². The van der Waals surface area contributed by atoms with Crippen LogP contribution in [0.5, 0.6) is 6.01 Å². The highest BCUT2D eigenvalue weighted by Gasteiger charge is 2.49. The van der Waals surface area contributed by atoms with E-state index in [0.29, 0.717) is 13.0 Å². The summed E-state index contributed by atoms with van der Waals surface area (Å²) in [6, 6.07) is 3.72. The van der Waals surface area contributed by atoms with Crippen LogP contribution in [-0.4, -0.2) is 83.4 Å². The molecule has 7 rings (SSSR count). The number of alkyl halides is 3. The number of thiazole rings is 1. The maximum absolute atomic E-state index is 16.6. The first kappa shape index (κ1) is 28.7. The van der Waals surface area contributed by atoms with Crippen LogP contribution in [-0.2, 0) is 0 Å². The Bertz CT molecular complexity index is 1740. The van der Waals surface area contributed by atoms with Crippen molar-refractivity contribution in [2.75, 3.05) is 56.5 Å². The fraction of sp³-hybridized carbons (Fsp3) is 0.464. The highest BCUT2D eigenvalue weighted by Crippen LogP contribution is 2.44. The number of hydrogen-bond donors (Lipinski definition) is 2. The second kappa shape index (κ2) is 10.5. The van der Waals surface area contributed by atoms with Gasteiger partial charge in [0.2, 0.25) is 0 Å². The molecule has 3 fully saturated rings. The predicted molar refractivity (Wildman–Crippen MR) is 156 cm³/mol. The molecule has 3 aliphatic heterocycles. The fourth-order valence-corrected chi connectivity index (χ4v) is 7.69. The number of benzene rings is 2. The first-order valence-corrected chi connectivity index (χ1v) is 15.1. The van der Waals surface area contributed by atoms with E-state index in [-0.39, 0.29) is 73.9 Å². The molecule has 8 nitrogen and oxygen atoms in total. The maximum atomic E-state index is 16.6. The molecule has 43 heavy (non-hydrogen) atoms. The van der Waals surface area contributed by atoms with Gasteiger partial charge in [-0.1, -0.05) is 22.9 Å². The summed E-state index contributed by atoms with van der Waals surface area (Å²) in [6.45, 7) is 0.314. The summed E-state index contributed by atoms with van der Waals surface area (Å²) in [6.07, 6.45) is 0.921. The molecular formula is C28H27ClF5N7OS. The van der Waals surface area contributed by atoms with E-state index in [0.717, 1.165) is 30.7 Å². The largest absolute Gasteiger partial charge is 0.461 e. The summed E-state index contributed by atoms with van der Waals surface area (Å²) in [5.74, 6) is -4.50. The predicted octanol–water partition coefficient (Wildman–Crippen LogP) is 5.42. The number of nitrogens with one attached hydrogen (secondary N) is 1. The monoisotopic (exact) mass is 639 g/mol. The first-order valence-electron chi connectivity index (χ1n) is 13.9. The van der Waals surface area contributed by atoms with E-state index in [1.54, 1.807) is 0 Å². The van der Waals surface area contributed by atoms with E-state index < -0.39 is 42.4 Å². The molecule has 0 saturated carbocycles. The quantitative estimate of drug-likeness (QED) is 0.280. The Morgan fingerprint density at radius 2 is 2.00 bits per heavy atom. The van der Waals surface area contributed by atoms with Gasteiger partial charge in [-0.2, -0.15) is 9.97 Å². The Labute approximate surface area is 252 Å². The summed E-state index contributed by atoms with van der Waals surface area (Å²) >= 11 is 7.57. The van der Waals surface area contributed by atoms with Crippen molar-refractivity contribution in [3.63, 3.8) is 0 Å². The zero-order chi connectivity index (χ0) is 30.1. The molecule has 0 aliphatic carbocycles. The Hall–Kier alpha value is -3.07. The molecule has 5 heterocycles. The Kier molecular flexibility index (Phi) is 7.02. The van der Waals surface area contributed by atoms with Crippen LogP contribution in [0.3, 0.4) is 0 Å². The molecule has 0 radical (unpaired) electrons. The SMILES string of the molecule is Nc1nc2c(-c3c(Cl)cc4c(N5CCNCC(F)(F)C5)nc(OC[C@@]56CCCN5CC(F)C6)nc4c3F)ccc(F)c2s1. The van der Waals surface area contributed by atoms with Gasteiger partial charge in [0.1, 0.15) is 29.9 Å². The highest BCUT2D eigenvalue weighted by molar-refractivity contribution is 7.22. The number of rotatable bonds is 5. The summed E-state index contributed by atoms with van der Waals surface area (Å²) in [5, 5.41) is 2.85. The van der Waals surface area contributed by atoms with Crippen LogP contribution < -0.4 is 20.7 Å². The second-order valence-electron chi connectivity index (χ2n) is 11.4. The minimum Gasteiger partial charge on any atom is -0.461 e. The molecule has 2 atom stereocenters. The minimum absolute atomic E-state index is 0.0356. The molecule has 2 aromatic carbocycles. The van der Waals surface area contributed by atoms with Crippen LogP contribution >= 0.6 is 22.9 Å². The topological polar surface area (TPSA) is 92.4 Å². The number of nitrogens with zero attached hydrogens (tertiary/aromatic N) is 5. The molecule has 0 amide bonds. The standard InChI is InChI=1S/C28H27ClF5N7OS/c29-17-8-16-21(20(32)19(17)15-2-3-18(31)23-22(15)37-25(35)43-23)38-26(39-24(16)40-7-5-36-11-28(33,34)12-40)42-13-27-4-1-6-41(27)10-14(30)9-27/h2-3,8,14,36H,1,4-7,9-13H2,(H2,35,37)/t14?,27-/m0/s1. The van der Waals surface area contributed by atoms with E-state index in [1.165, 1.54) is 23.1 Å². The first-order chi connectivity index (χ1) is 20.5. The average molecular weight is 640 g/mol. The molecule has 3 N–H and O–H groups in total. The van der Waals surface area contributed by atoms with Gasteiger partial charge in [-0.3, -0.25) is 4.90 Å². The molecule has 3 aliphatic rings. The lowest BCUT2D eigenvalue weighted by Crippen LogP contribution is -2.43. The normalized spacial score (nSPS) is 24.1. The van der Waals surface area contributed by atoms with Crippen LogP contribution in [0.1, 0.15) is 19.3 Å². The highest BCUT2D eigenvalue weighted by atomic mass is 35.5. The van der Waals surface area contributed by atoms with E-state index in [2.05, 4.69) is 25.2 Å². The third kappa shape index (κ3) is 5.01. The number of aromatic nitrogens is 3. The summed E-state index contributed by atoms with van der Waals surface area (Å²) in [5.41, 5.74) is 5.32. The third-order valence-corrected chi connectivity index (χ3v) is 9.71. The van der Waals surface area contributed by atoms with Crippen LogP contribution in [0.15, 0.2) is 18.2 Å². The van der Waals surface area contributed by atoms with Gasteiger partial charge in [-0.25, -0.2) is 26.9 Å². The lowest BCUT2D eigenvalue weighted by atomic mass is 9.95. The Balaban J connectivity index is 1.38. The molecule has 15 heteroatoms. The molecule has 0 spiro atoms. The van der Waals surface area contributed by atoms with Crippen molar-refractivity contribution in [3.05, 3.63) is 34.9 Å². The molecular weight excluding hydrogens is 613 g/mol. The minimum atomic E-state index is -3.09. The number of fused-ring (bicyclic) bond motifs is 3. The van der Waals surface area contributed by atoms with Gasteiger partial charge < -0.3 is 20.7 Å². The number of anilines is 2. The van der Waals surface area contributed by atoms with E-state index in [4.69, 9.17) is 22.1 Å². The second-order valence-corrected chi connectivity index (χ2v) is 12.9. The molecule has 1 unspecified atom stereocenters. The third-order valence-electron chi connectivity index (χ3n) is 8.52. The lowest BCUT2D eigenvalue weighted by molar-refractivity contribution is 0.0156. The number of halogens is 6. The average Bonchev–Trinajstić information content (AvgIpc) is 3.58. The van der Waals surface area contributed by atoms with Crippen LogP contribution in [0.25, 0.3) is 32.2 Å². The van der Waals surface area contributed by atoms with Crippen molar-refractivity contribution in [3.8, 4) is 17.1 Å². The summed E-state index contributed by atoms with van der Waals surface area (Å²) in [4.78, 5) is 16.5. The zero-order valence-electron chi connectivity index (χ0n) is 22.8. The summed E-state index contributed by atoms with van der Waals surface area (Å²) in [7, 11) is 0. The van der Waals surface area contributed by atoms with Gasteiger partial charge in [0, 0.05) is 42.6 Å². The molecule has 228 valence electrons. The van der Waals surface area contributed by atoms with Crippen molar-refractivity contribution in [2.45, 2.75) is 36.9 Å². The number of ether oxygens (including phenoxy) is 1. The van der Waals surface area contributed by atoms with Gasteiger partial charge in [-0.15, -0.1) is 0 Å². The van der Waals surface area contributed by atoms with Crippen molar-refractivity contribution in [1.82, 2.24) is 25.2 Å². The van der Waals surface area contributed by atoms with Gasteiger partial charge in [-0.05, 0) is 37.6 Å². The lowest BCUT2D eigenvalue weighted by Gasteiger charge is -2.31. The molecule has 0 bridgehead atoms. The van der Waals surface area contributed by atoms with Gasteiger partial charge in [0.25, 0.3) is 5.92 Å². The van der Waals surface area contributed by atoms with Gasteiger partial charge in [0.05, 0.1) is 33.9 Å². The Morgan fingerprint density at radius 3 is 2.84 bits per heavy atom. The van der Waals surface area contributed by atoms with E-state index in [9.17, 15) is 17.6 Å². The van der Waals surface area contributed by atoms with Gasteiger partial charge in [0.15, 0.2) is 10.9 Å². The zero-order valence-corrected chi connectivity index (χ0v) is 24.4. The number of hydrogen-bond acceptors (Lipinski definition) is 9. The van der Waals surface area contributed by atoms with Crippen molar-refractivity contribution >= 4 is 55.0 Å². The Morgan fingerprint density at radius 1 is 1.16 bits per heavy atom.